The Hall–Kier alpha value is -1.74. The molecule has 0 radical (unpaired) electrons. The maximum atomic E-state index is 8.24. The smallest absolute Gasteiger partial charge is 0.133 e. The van der Waals surface area contributed by atoms with Crippen molar-refractivity contribution in [2.75, 3.05) is 11.2 Å². The molecule has 0 amide bonds. The molecule has 0 unspecified atom stereocenters. The summed E-state index contributed by atoms with van der Waals surface area (Å²) in [4.78, 5) is 3.30. The number of benzene rings is 2. The Morgan fingerprint density at radius 1 is 1.06 bits per heavy atom. The first-order valence-electron chi connectivity index (χ1n) is 5.88. The summed E-state index contributed by atoms with van der Waals surface area (Å²) in [7, 11) is 0. The van der Waals surface area contributed by atoms with Crippen LogP contribution in [0, 0.1) is 5.41 Å². The zero-order valence-electron chi connectivity index (χ0n) is 10.2. The highest BCUT2D eigenvalue weighted by Crippen LogP contribution is 2.29. The molecule has 0 saturated heterocycles. The Kier molecular flexibility index (Phi) is 2.84. The minimum Gasteiger partial charge on any atom is -0.322 e. The first-order valence-corrected chi connectivity index (χ1v) is 7.10. The zero-order chi connectivity index (χ0) is 12.5. The molecule has 2 aromatic rings. The van der Waals surface area contributed by atoms with Crippen LogP contribution in [0.4, 0.5) is 5.69 Å². The number of thioether (sulfide) groups is 1. The number of hydrogen-bond donors (Lipinski definition) is 1. The van der Waals surface area contributed by atoms with Gasteiger partial charge in [-0.2, -0.15) is 0 Å². The molecule has 0 aliphatic carbocycles. The van der Waals surface area contributed by atoms with E-state index in [4.69, 9.17) is 5.41 Å². The standard InChI is InChI=1S/C15H14N2S/c1-18-13-8-6-12(7-9-13)17-10-11-4-2-3-5-14(11)15(17)16/h2-9,16H,10H2,1H3. The number of hydrogen-bond acceptors (Lipinski definition) is 2. The molecule has 2 nitrogen and oxygen atoms in total. The summed E-state index contributed by atoms with van der Waals surface area (Å²) in [5, 5.41) is 8.24. The SMILES string of the molecule is CSc1ccc(N2Cc3ccccc3C2=N)cc1. The van der Waals surface area contributed by atoms with E-state index in [0.717, 1.165) is 17.8 Å². The van der Waals surface area contributed by atoms with Gasteiger partial charge in [-0.15, -0.1) is 11.8 Å². The van der Waals surface area contributed by atoms with E-state index >= 15 is 0 Å². The highest BCUT2D eigenvalue weighted by atomic mass is 32.2. The van der Waals surface area contributed by atoms with Gasteiger partial charge in [-0.25, -0.2) is 0 Å². The van der Waals surface area contributed by atoms with Crippen LogP contribution >= 0.6 is 11.8 Å². The van der Waals surface area contributed by atoms with E-state index in [2.05, 4.69) is 41.5 Å². The van der Waals surface area contributed by atoms with E-state index in [1.165, 1.54) is 10.5 Å². The van der Waals surface area contributed by atoms with Gasteiger partial charge in [-0.3, -0.25) is 5.41 Å². The molecule has 1 aliphatic heterocycles. The fourth-order valence-electron chi connectivity index (χ4n) is 2.27. The summed E-state index contributed by atoms with van der Waals surface area (Å²) in [6.07, 6.45) is 2.07. The van der Waals surface area contributed by atoms with Gasteiger partial charge < -0.3 is 4.90 Å². The summed E-state index contributed by atoms with van der Waals surface area (Å²) in [5.41, 5.74) is 3.37. The third kappa shape index (κ3) is 1.81. The van der Waals surface area contributed by atoms with Crippen LogP contribution in [0.2, 0.25) is 0 Å². The van der Waals surface area contributed by atoms with Crippen molar-refractivity contribution in [2.45, 2.75) is 11.4 Å². The number of nitrogens with zero attached hydrogens (tertiary/aromatic N) is 1. The number of anilines is 1. The van der Waals surface area contributed by atoms with Gasteiger partial charge in [0.2, 0.25) is 0 Å². The molecular formula is C15H14N2S. The molecule has 0 saturated carbocycles. The van der Waals surface area contributed by atoms with Gasteiger partial charge in [-0.05, 0) is 36.1 Å². The second-order valence-electron chi connectivity index (χ2n) is 4.29. The fraction of sp³-hybridized carbons (Fsp3) is 0.133. The van der Waals surface area contributed by atoms with E-state index in [1.54, 1.807) is 11.8 Å². The van der Waals surface area contributed by atoms with Gasteiger partial charge >= 0.3 is 0 Å². The van der Waals surface area contributed by atoms with E-state index in [1.807, 2.05) is 18.2 Å². The van der Waals surface area contributed by atoms with Crippen LogP contribution < -0.4 is 4.90 Å². The van der Waals surface area contributed by atoms with Gasteiger partial charge in [0.05, 0.1) is 6.54 Å². The van der Waals surface area contributed by atoms with Crippen LogP contribution in [0.1, 0.15) is 11.1 Å². The maximum Gasteiger partial charge on any atom is 0.133 e. The average Bonchev–Trinajstić information content (AvgIpc) is 2.77. The Morgan fingerprint density at radius 2 is 1.78 bits per heavy atom. The second kappa shape index (κ2) is 4.50. The summed E-state index contributed by atoms with van der Waals surface area (Å²) in [6.45, 7) is 0.799. The number of rotatable bonds is 2. The lowest BCUT2D eigenvalue weighted by Gasteiger charge is -2.18. The van der Waals surface area contributed by atoms with Gasteiger partial charge in [0.1, 0.15) is 5.84 Å². The Labute approximate surface area is 111 Å². The van der Waals surface area contributed by atoms with Gasteiger partial charge in [-0.1, -0.05) is 24.3 Å². The largest absolute Gasteiger partial charge is 0.322 e. The molecule has 0 aromatic heterocycles. The molecule has 1 aliphatic rings. The number of nitrogens with one attached hydrogen (secondary N) is 1. The fourth-order valence-corrected chi connectivity index (χ4v) is 2.67. The lowest BCUT2D eigenvalue weighted by Crippen LogP contribution is -2.22. The lowest BCUT2D eigenvalue weighted by atomic mass is 10.1. The summed E-state index contributed by atoms with van der Waals surface area (Å²) < 4.78 is 0. The first-order chi connectivity index (χ1) is 8.79. The van der Waals surface area contributed by atoms with E-state index in [0.29, 0.717) is 5.84 Å². The third-order valence-corrected chi connectivity index (χ3v) is 4.00. The van der Waals surface area contributed by atoms with Gasteiger partial charge in [0.15, 0.2) is 0 Å². The lowest BCUT2D eigenvalue weighted by molar-refractivity contribution is 1.04. The Bertz CT molecular complexity index is 590. The number of amidine groups is 1. The molecule has 0 spiro atoms. The molecular weight excluding hydrogens is 240 g/mol. The van der Waals surface area contributed by atoms with E-state index in [-0.39, 0.29) is 0 Å². The van der Waals surface area contributed by atoms with Crippen molar-refractivity contribution in [3.05, 3.63) is 59.7 Å². The zero-order valence-corrected chi connectivity index (χ0v) is 11.0. The van der Waals surface area contributed by atoms with E-state index in [9.17, 15) is 0 Å². The van der Waals surface area contributed by atoms with Crippen molar-refractivity contribution in [1.29, 1.82) is 5.41 Å². The predicted molar refractivity (Wildman–Crippen MR) is 77.7 cm³/mol. The molecule has 3 heteroatoms. The second-order valence-corrected chi connectivity index (χ2v) is 5.17. The minimum atomic E-state index is 0.600. The molecule has 3 rings (SSSR count). The molecule has 1 N–H and O–H groups in total. The highest BCUT2D eigenvalue weighted by Gasteiger charge is 2.24. The van der Waals surface area contributed by atoms with Crippen LogP contribution in [0.15, 0.2) is 53.4 Å². The normalized spacial score (nSPS) is 13.8. The van der Waals surface area contributed by atoms with Crippen molar-refractivity contribution < 1.29 is 0 Å². The highest BCUT2D eigenvalue weighted by molar-refractivity contribution is 7.98. The van der Waals surface area contributed by atoms with Crippen LogP contribution in [0.25, 0.3) is 0 Å². The topological polar surface area (TPSA) is 27.1 Å². The van der Waals surface area contributed by atoms with Crippen LogP contribution in [-0.2, 0) is 6.54 Å². The van der Waals surface area contributed by atoms with Crippen LogP contribution in [-0.4, -0.2) is 12.1 Å². The molecule has 0 bridgehead atoms. The number of fused-ring (bicyclic) bond motifs is 1. The summed E-state index contributed by atoms with van der Waals surface area (Å²) >= 11 is 1.74. The van der Waals surface area contributed by atoms with Crippen molar-refractivity contribution in [2.24, 2.45) is 0 Å². The summed E-state index contributed by atoms with van der Waals surface area (Å²) in [6, 6.07) is 16.5. The van der Waals surface area contributed by atoms with Crippen molar-refractivity contribution in [3.8, 4) is 0 Å². The van der Waals surface area contributed by atoms with Crippen LogP contribution in [0.5, 0.6) is 0 Å². The molecule has 0 atom stereocenters. The third-order valence-electron chi connectivity index (χ3n) is 3.25. The Morgan fingerprint density at radius 3 is 2.44 bits per heavy atom. The Balaban J connectivity index is 1.93. The van der Waals surface area contributed by atoms with Crippen molar-refractivity contribution >= 4 is 23.3 Å². The maximum absolute atomic E-state index is 8.24. The predicted octanol–water partition coefficient (Wildman–Crippen LogP) is 3.75. The molecule has 18 heavy (non-hydrogen) atoms. The molecule has 0 fully saturated rings. The molecule has 90 valence electrons. The monoisotopic (exact) mass is 254 g/mol. The van der Waals surface area contributed by atoms with Crippen molar-refractivity contribution in [1.82, 2.24) is 0 Å². The van der Waals surface area contributed by atoms with Gasteiger partial charge in [0.25, 0.3) is 0 Å². The minimum absolute atomic E-state index is 0.600. The molecule has 2 aromatic carbocycles. The van der Waals surface area contributed by atoms with Gasteiger partial charge in [0, 0.05) is 16.1 Å². The summed E-state index contributed by atoms with van der Waals surface area (Å²) in [5.74, 6) is 0.600. The first kappa shape index (κ1) is 11.4. The quantitative estimate of drug-likeness (QED) is 0.826. The van der Waals surface area contributed by atoms with E-state index < -0.39 is 0 Å². The molecule has 1 heterocycles. The average molecular weight is 254 g/mol. The van der Waals surface area contributed by atoms with Crippen LogP contribution in [0.3, 0.4) is 0 Å². The van der Waals surface area contributed by atoms with Crippen molar-refractivity contribution in [3.63, 3.8) is 0 Å².